The second-order valence-corrected chi connectivity index (χ2v) is 6.34. The van der Waals surface area contributed by atoms with Crippen LogP contribution in [0.1, 0.15) is 18.1 Å². The van der Waals surface area contributed by atoms with E-state index in [4.69, 9.17) is 0 Å². The Morgan fingerprint density at radius 1 is 1.07 bits per heavy atom. The Kier molecular flexibility index (Phi) is 5.55. The van der Waals surface area contributed by atoms with Crippen LogP contribution in [0.25, 0.3) is 11.3 Å². The summed E-state index contributed by atoms with van der Waals surface area (Å²) in [5.74, 6) is -0.446. The van der Waals surface area contributed by atoms with Crippen molar-refractivity contribution in [3.8, 4) is 11.3 Å². The lowest BCUT2D eigenvalue weighted by Crippen LogP contribution is -2.14. The smallest absolute Gasteiger partial charge is 0.258 e. The molecule has 0 fully saturated rings. The van der Waals surface area contributed by atoms with Crippen molar-refractivity contribution in [1.82, 2.24) is 4.68 Å². The van der Waals surface area contributed by atoms with Crippen LogP contribution in [0.3, 0.4) is 0 Å². The highest BCUT2D eigenvalue weighted by Crippen LogP contribution is 2.31. The van der Waals surface area contributed by atoms with Gasteiger partial charge in [0.15, 0.2) is 0 Å². The van der Waals surface area contributed by atoms with Gasteiger partial charge in [-0.1, -0.05) is 30.3 Å². The Balaban J connectivity index is 2.13. The van der Waals surface area contributed by atoms with Gasteiger partial charge in [0.1, 0.15) is 5.82 Å². The molecule has 0 atom stereocenters. The van der Waals surface area contributed by atoms with Crippen LogP contribution < -0.4 is 4.80 Å². The van der Waals surface area contributed by atoms with Crippen molar-refractivity contribution in [3.63, 3.8) is 0 Å². The molecule has 0 amide bonds. The van der Waals surface area contributed by atoms with Gasteiger partial charge < -0.3 is 0 Å². The van der Waals surface area contributed by atoms with E-state index in [0.29, 0.717) is 22.6 Å². The fraction of sp³-hybridized carbons (Fsp3) is 0.158. The summed E-state index contributed by atoms with van der Waals surface area (Å²) in [4.78, 5) is 4.76. The second kappa shape index (κ2) is 7.87. The molecular weight excluding hydrogens is 378 g/mol. The highest BCUT2D eigenvalue weighted by molar-refractivity contribution is 7.07. The third-order valence-electron chi connectivity index (χ3n) is 3.71. The summed E-state index contributed by atoms with van der Waals surface area (Å²) in [5.41, 5.74) is -0.143. The van der Waals surface area contributed by atoms with E-state index in [-0.39, 0.29) is 5.56 Å². The molecule has 2 aromatic carbocycles. The standard InChI is InChI=1S/C19H15F4N3S/c1-2-24-18-26(17(12-27-18)14-8-4-6-10-16(14)20)25-11-13-7-3-5-9-15(13)19(21,22)23/h3-12H,2H2,1H3/b24-18?,25-11+. The van der Waals surface area contributed by atoms with Crippen molar-refractivity contribution < 1.29 is 17.6 Å². The highest BCUT2D eigenvalue weighted by Gasteiger charge is 2.32. The SMILES string of the molecule is CCN=c1scc(-c2ccccc2F)n1/N=C/c1ccccc1C(F)(F)F. The lowest BCUT2D eigenvalue weighted by molar-refractivity contribution is -0.137. The molecular formula is C19H15F4N3S. The van der Waals surface area contributed by atoms with Crippen molar-refractivity contribution in [1.29, 1.82) is 0 Å². The van der Waals surface area contributed by atoms with Gasteiger partial charge in [0.2, 0.25) is 4.80 Å². The predicted molar refractivity (Wildman–Crippen MR) is 98.2 cm³/mol. The van der Waals surface area contributed by atoms with Crippen LogP contribution in [0.4, 0.5) is 17.6 Å². The summed E-state index contributed by atoms with van der Waals surface area (Å²) in [6, 6.07) is 11.3. The van der Waals surface area contributed by atoms with E-state index < -0.39 is 17.6 Å². The molecule has 0 saturated carbocycles. The highest BCUT2D eigenvalue weighted by atomic mass is 32.1. The topological polar surface area (TPSA) is 29.6 Å². The van der Waals surface area contributed by atoms with E-state index in [1.807, 2.05) is 6.92 Å². The van der Waals surface area contributed by atoms with Crippen molar-refractivity contribution >= 4 is 17.6 Å². The molecule has 1 aromatic heterocycles. The van der Waals surface area contributed by atoms with E-state index in [1.165, 1.54) is 40.3 Å². The molecule has 27 heavy (non-hydrogen) atoms. The summed E-state index contributed by atoms with van der Waals surface area (Å²) in [5, 5.41) is 5.87. The van der Waals surface area contributed by atoms with Gasteiger partial charge in [0.05, 0.1) is 17.5 Å². The third kappa shape index (κ3) is 4.16. The predicted octanol–water partition coefficient (Wildman–Crippen LogP) is 5.18. The van der Waals surface area contributed by atoms with Crippen LogP contribution in [0.15, 0.2) is 64.0 Å². The minimum absolute atomic E-state index is 0.0781. The van der Waals surface area contributed by atoms with Gasteiger partial charge in [-0.05, 0) is 25.1 Å². The Hall–Kier alpha value is -2.74. The number of rotatable bonds is 4. The first kappa shape index (κ1) is 19.0. The van der Waals surface area contributed by atoms with Crippen LogP contribution in [0.5, 0.6) is 0 Å². The fourth-order valence-electron chi connectivity index (χ4n) is 2.50. The second-order valence-electron chi connectivity index (χ2n) is 5.50. The normalized spacial score (nSPS) is 12.9. The zero-order chi connectivity index (χ0) is 19.4. The summed E-state index contributed by atoms with van der Waals surface area (Å²) >= 11 is 1.24. The van der Waals surface area contributed by atoms with Crippen LogP contribution in [0.2, 0.25) is 0 Å². The zero-order valence-corrected chi connectivity index (χ0v) is 15.1. The molecule has 0 spiro atoms. The molecule has 3 aromatic rings. The molecule has 0 saturated heterocycles. The molecule has 0 aliphatic heterocycles. The van der Waals surface area contributed by atoms with Crippen LogP contribution in [-0.4, -0.2) is 17.4 Å². The fourth-order valence-corrected chi connectivity index (χ4v) is 3.39. The summed E-state index contributed by atoms with van der Waals surface area (Å²) in [6.07, 6.45) is -3.37. The molecule has 0 bridgehead atoms. The van der Waals surface area contributed by atoms with Gasteiger partial charge in [-0.15, -0.1) is 11.3 Å². The van der Waals surface area contributed by atoms with Gasteiger partial charge in [-0.3, -0.25) is 4.99 Å². The molecule has 0 aliphatic carbocycles. The quantitative estimate of drug-likeness (QED) is 0.432. The summed E-state index contributed by atoms with van der Waals surface area (Å²) in [6.45, 7) is 2.29. The first-order valence-corrected chi connectivity index (χ1v) is 8.96. The maximum atomic E-state index is 14.2. The number of thiazole rings is 1. The van der Waals surface area contributed by atoms with E-state index in [2.05, 4.69) is 10.1 Å². The molecule has 0 radical (unpaired) electrons. The van der Waals surface area contributed by atoms with Gasteiger partial charge in [0.25, 0.3) is 0 Å². The molecule has 0 N–H and O–H groups in total. The Bertz CT molecular complexity index is 1030. The lowest BCUT2D eigenvalue weighted by Gasteiger charge is -2.09. The average molecular weight is 393 g/mol. The molecule has 1 heterocycles. The Morgan fingerprint density at radius 2 is 1.78 bits per heavy atom. The van der Waals surface area contributed by atoms with Crippen molar-refractivity contribution in [2.45, 2.75) is 13.1 Å². The monoisotopic (exact) mass is 393 g/mol. The van der Waals surface area contributed by atoms with Crippen molar-refractivity contribution in [3.05, 3.63) is 75.7 Å². The van der Waals surface area contributed by atoms with Gasteiger partial charge >= 0.3 is 6.18 Å². The Morgan fingerprint density at radius 3 is 2.48 bits per heavy atom. The average Bonchev–Trinajstić information content (AvgIpc) is 3.02. The van der Waals surface area contributed by atoms with E-state index in [1.54, 1.807) is 23.6 Å². The maximum Gasteiger partial charge on any atom is 0.417 e. The molecule has 0 aliphatic rings. The molecule has 140 valence electrons. The van der Waals surface area contributed by atoms with Gasteiger partial charge in [0, 0.05) is 23.1 Å². The van der Waals surface area contributed by atoms with Gasteiger partial charge in [-0.25, -0.2) is 9.07 Å². The maximum absolute atomic E-state index is 14.2. The number of nitrogens with zero attached hydrogens (tertiary/aromatic N) is 3. The van der Waals surface area contributed by atoms with E-state index in [0.717, 1.165) is 12.3 Å². The zero-order valence-electron chi connectivity index (χ0n) is 14.2. The minimum Gasteiger partial charge on any atom is -0.258 e. The van der Waals surface area contributed by atoms with Crippen LogP contribution >= 0.6 is 11.3 Å². The Labute approximate surface area is 156 Å². The summed E-state index contributed by atoms with van der Waals surface area (Å²) in [7, 11) is 0. The first-order valence-electron chi connectivity index (χ1n) is 8.08. The molecule has 8 heteroatoms. The number of halogens is 4. The van der Waals surface area contributed by atoms with E-state index in [9.17, 15) is 17.6 Å². The van der Waals surface area contributed by atoms with Crippen LogP contribution in [-0.2, 0) is 6.18 Å². The van der Waals surface area contributed by atoms with E-state index >= 15 is 0 Å². The molecule has 0 unspecified atom stereocenters. The largest absolute Gasteiger partial charge is 0.417 e. The minimum atomic E-state index is -4.49. The number of alkyl halides is 3. The molecule has 3 nitrogen and oxygen atoms in total. The number of aromatic nitrogens is 1. The van der Waals surface area contributed by atoms with Gasteiger partial charge in [-0.2, -0.15) is 18.3 Å². The third-order valence-corrected chi connectivity index (χ3v) is 4.56. The lowest BCUT2D eigenvalue weighted by atomic mass is 10.1. The van der Waals surface area contributed by atoms with Crippen molar-refractivity contribution in [2.75, 3.05) is 6.54 Å². The number of benzene rings is 2. The van der Waals surface area contributed by atoms with Crippen molar-refractivity contribution in [2.24, 2.45) is 10.1 Å². The van der Waals surface area contributed by atoms with Crippen LogP contribution in [0, 0.1) is 5.82 Å². The first-order chi connectivity index (χ1) is 12.9. The number of hydrogen-bond donors (Lipinski definition) is 0. The molecule has 3 rings (SSSR count). The summed E-state index contributed by atoms with van der Waals surface area (Å²) < 4.78 is 55.1. The number of hydrogen-bond acceptors (Lipinski definition) is 3.